The summed E-state index contributed by atoms with van der Waals surface area (Å²) in [6.45, 7) is 4.28. The van der Waals surface area contributed by atoms with E-state index in [4.69, 9.17) is 5.11 Å². The van der Waals surface area contributed by atoms with Gasteiger partial charge in [0.25, 0.3) is 0 Å². The Labute approximate surface area is 115 Å². The number of nitrogens with zero attached hydrogens (tertiary/aromatic N) is 2. The highest BCUT2D eigenvalue weighted by atomic mass is 16.4. The Morgan fingerprint density at radius 1 is 1.16 bits per heavy atom. The fourth-order valence-corrected chi connectivity index (χ4v) is 2.79. The standard InChI is InChI=1S/C14H26N2O3/c1-4-16(10-6-9-15(2)3)13(17)11-7-5-8-12(11)14(18)19/h11-12H,4-10H2,1-3H3,(H,18,19). The minimum absolute atomic E-state index is 0.0335. The Morgan fingerprint density at radius 3 is 2.32 bits per heavy atom. The van der Waals surface area contributed by atoms with E-state index in [1.54, 1.807) is 0 Å². The zero-order valence-electron chi connectivity index (χ0n) is 12.3. The lowest BCUT2D eigenvalue weighted by Crippen LogP contribution is -2.40. The molecule has 19 heavy (non-hydrogen) atoms. The molecule has 0 aromatic rings. The van der Waals surface area contributed by atoms with E-state index in [2.05, 4.69) is 4.90 Å². The van der Waals surface area contributed by atoms with Crippen LogP contribution in [0.4, 0.5) is 0 Å². The molecule has 1 saturated carbocycles. The number of carboxylic acid groups (broad SMARTS) is 1. The third-order valence-electron chi connectivity index (χ3n) is 3.88. The zero-order chi connectivity index (χ0) is 14.4. The molecule has 1 amide bonds. The second kappa shape index (κ2) is 7.48. The molecule has 0 bridgehead atoms. The highest BCUT2D eigenvalue weighted by Gasteiger charge is 2.39. The van der Waals surface area contributed by atoms with Crippen molar-refractivity contribution in [1.29, 1.82) is 0 Å². The maximum Gasteiger partial charge on any atom is 0.307 e. The van der Waals surface area contributed by atoms with Crippen LogP contribution in [0, 0.1) is 11.8 Å². The second-order valence-corrected chi connectivity index (χ2v) is 5.56. The average molecular weight is 270 g/mol. The van der Waals surface area contributed by atoms with Gasteiger partial charge in [0, 0.05) is 13.1 Å². The molecular formula is C14H26N2O3. The van der Waals surface area contributed by atoms with E-state index in [1.807, 2.05) is 25.9 Å². The molecule has 1 fully saturated rings. The smallest absolute Gasteiger partial charge is 0.307 e. The Bertz CT molecular complexity index is 318. The summed E-state index contributed by atoms with van der Waals surface area (Å²) >= 11 is 0. The molecule has 0 saturated heterocycles. The van der Waals surface area contributed by atoms with Gasteiger partial charge in [0.05, 0.1) is 11.8 Å². The highest BCUT2D eigenvalue weighted by Crippen LogP contribution is 2.33. The maximum absolute atomic E-state index is 12.4. The van der Waals surface area contributed by atoms with E-state index in [9.17, 15) is 9.59 Å². The monoisotopic (exact) mass is 270 g/mol. The summed E-state index contributed by atoms with van der Waals surface area (Å²) in [5.41, 5.74) is 0. The minimum Gasteiger partial charge on any atom is -0.481 e. The number of hydrogen-bond acceptors (Lipinski definition) is 3. The summed E-state index contributed by atoms with van der Waals surface area (Å²) < 4.78 is 0. The summed E-state index contributed by atoms with van der Waals surface area (Å²) in [6, 6.07) is 0. The summed E-state index contributed by atoms with van der Waals surface area (Å²) in [5.74, 6) is -1.57. The number of aliphatic carboxylic acids is 1. The first-order valence-electron chi connectivity index (χ1n) is 7.13. The van der Waals surface area contributed by atoms with E-state index in [-0.39, 0.29) is 11.8 Å². The van der Waals surface area contributed by atoms with Crippen LogP contribution >= 0.6 is 0 Å². The van der Waals surface area contributed by atoms with Gasteiger partial charge in [-0.25, -0.2) is 0 Å². The van der Waals surface area contributed by atoms with E-state index in [0.29, 0.717) is 13.0 Å². The molecule has 0 aromatic carbocycles. The van der Waals surface area contributed by atoms with Crippen LogP contribution in [0.25, 0.3) is 0 Å². The summed E-state index contributed by atoms with van der Waals surface area (Å²) in [4.78, 5) is 27.5. The molecule has 0 radical (unpaired) electrons. The van der Waals surface area contributed by atoms with Crippen molar-refractivity contribution < 1.29 is 14.7 Å². The molecule has 0 spiro atoms. The highest BCUT2D eigenvalue weighted by molar-refractivity contribution is 5.85. The van der Waals surface area contributed by atoms with Gasteiger partial charge in [0.15, 0.2) is 0 Å². The summed E-state index contributed by atoms with van der Waals surface area (Å²) in [7, 11) is 4.02. The molecule has 0 heterocycles. The lowest BCUT2D eigenvalue weighted by atomic mass is 9.94. The van der Waals surface area contributed by atoms with Gasteiger partial charge in [0.1, 0.15) is 0 Å². The number of carbonyl (C=O) groups is 2. The molecule has 2 atom stereocenters. The quantitative estimate of drug-likeness (QED) is 0.757. The molecule has 0 aromatic heterocycles. The summed E-state index contributed by atoms with van der Waals surface area (Å²) in [5, 5.41) is 9.16. The SMILES string of the molecule is CCN(CCCN(C)C)C(=O)C1CCCC1C(=O)O. The van der Waals surface area contributed by atoms with Gasteiger partial charge >= 0.3 is 5.97 Å². The van der Waals surface area contributed by atoms with Crippen molar-refractivity contribution in [2.24, 2.45) is 11.8 Å². The first-order valence-corrected chi connectivity index (χ1v) is 7.13. The fraction of sp³-hybridized carbons (Fsp3) is 0.857. The molecule has 5 heteroatoms. The van der Waals surface area contributed by atoms with Gasteiger partial charge in [-0.05, 0) is 46.8 Å². The molecular weight excluding hydrogens is 244 g/mol. The predicted octanol–water partition coefficient (Wildman–Crippen LogP) is 1.29. The lowest BCUT2D eigenvalue weighted by Gasteiger charge is -2.26. The number of amides is 1. The van der Waals surface area contributed by atoms with Crippen LogP contribution in [-0.2, 0) is 9.59 Å². The van der Waals surface area contributed by atoms with Crippen LogP contribution in [0.1, 0.15) is 32.6 Å². The van der Waals surface area contributed by atoms with Crippen molar-refractivity contribution in [3.05, 3.63) is 0 Å². The number of carboxylic acids is 1. The molecule has 1 aliphatic rings. The van der Waals surface area contributed by atoms with E-state index < -0.39 is 11.9 Å². The normalized spacial score (nSPS) is 22.7. The third-order valence-corrected chi connectivity index (χ3v) is 3.88. The molecule has 1 aliphatic carbocycles. The van der Waals surface area contributed by atoms with Crippen LogP contribution in [0.15, 0.2) is 0 Å². The topological polar surface area (TPSA) is 60.9 Å². The lowest BCUT2D eigenvalue weighted by molar-refractivity contribution is -0.149. The first kappa shape index (κ1) is 16.0. The zero-order valence-corrected chi connectivity index (χ0v) is 12.3. The number of carbonyl (C=O) groups excluding carboxylic acids is 1. The van der Waals surface area contributed by atoms with Crippen molar-refractivity contribution in [2.45, 2.75) is 32.6 Å². The van der Waals surface area contributed by atoms with Gasteiger partial charge in [-0.15, -0.1) is 0 Å². The van der Waals surface area contributed by atoms with Gasteiger partial charge in [0.2, 0.25) is 5.91 Å². The molecule has 2 unspecified atom stereocenters. The molecule has 5 nitrogen and oxygen atoms in total. The van der Waals surface area contributed by atoms with Crippen LogP contribution in [-0.4, -0.2) is 60.5 Å². The fourth-order valence-electron chi connectivity index (χ4n) is 2.79. The van der Waals surface area contributed by atoms with Gasteiger partial charge in [-0.2, -0.15) is 0 Å². The van der Waals surface area contributed by atoms with Crippen LogP contribution in [0.2, 0.25) is 0 Å². The second-order valence-electron chi connectivity index (χ2n) is 5.56. The van der Waals surface area contributed by atoms with Crippen LogP contribution in [0.5, 0.6) is 0 Å². The Hall–Kier alpha value is -1.10. The Morgan fingerprint density at radius 2 is 1.79 bits per heavy atom. The van der Waals surface area contributed by atoms with Crippen molar-refractivity contribution in [3.63, 3.8) is 0 Å². The molecule has 1 N–H and O–H groups in total. The van der Waals surface area contributed by atoms with E-state index >= 15 is 0 Å². The van der Waals surface area contributed by atoms with E-state index in [1.165, 1.54) is 0 Å². The first-order chi connectivity index (χ1) is 8.97. The number of hydrogen-bond donors (Lipinski definition) is 1. The van der Waals surface area contributed by atoms with Gasteiger partial charge < -0.3 is 14.9 Å². The van der Waals surface area contributed by atoms with Gasteiger partial charge in [-0.1, -0.05) is 6.42 Å². The van der Waals surface area contributed by atoms with Gasteiger partial charge in [-0.3, -0.25) is 9.59 Å². The number of rotatable bonds is 7. The average Bonchev–Trinajstić information content (AvgIpc) is 2.82. The Kier molecular flexibility index (Phi) is 6.28. The minimum atomic E-state index is -0.819. The molecule has 0 aliphatic heterocycles. The van der Waals surface area contributed by atoms with Crippen LogP contribution < -0.4 is 0 Å². The predicted molar refractivity (Wildman–Crippen MR) is 73.9 cm³/mol. The van der Waals surface area contributed by atoms with Crippen molar-refractivity contribution >= 4 is 11.9 Å². The largest absolute Gasteiger partial charge is 0.481 e. The van der Waals surface area contributed by atoms with E-state index in [0.717, 1.165) is 32.4 Å². The Balaban J connectivity index is 2.55. The van der Waals surface area contributed by atoms with Crippen LogP contribution in [0.3, 0.4) is 0 Å². The molecule has 1 rings (SSSR count). The van der Waals surface area contributed by atoms with Crippen molar-refractivity contribution in [1.82, 2.24) is 9.80 Å². The maximum atomic E-state index is 12.4. The summed E-state index contributed by atoms with van der Waals surface area (Å²) in [6.07, 6.45) is 3.14. The van der Waals surface area contributed by atoms with Crippen molar-refractivity contribution in [2.75, 3.05) is 33.7 Å². The third kappa shape index (κ3) is 4.49. The molecule has 110 valence electrons. The van der Waals surface area contributed by atoms with Crippen molar-refractivity contribution in [3.8, 4) is 0 Å².